The van der Waals surface area contributed by atoms with Crippen molar-refractivity contribution in [1.82, 2.24) is 0 Å². The number of allylic oxidation sites excluding steroid dienone is 8. The summed E-state index contributed by atoms with van der Waals surface area (Å²) in [5.41, 5.74) is 0. The first-order chi connectivity index (χ1) is 36.4. The van der Waals surface area contributed by atoms with Crippen LogP contribution in [-0.2, 0) is 23.7 Å². The van der Waals surface area contributed by atoms with Gasteiger partial charge in [0.15, 0.2) is 6.29 Å². The highest BCUT2D eigenvalue weighted by Crippen LogP contribution is 2.23. The standard InChI is InChI=1S/C65H120O9/c1-3-5-7-9-11-13-15-17-19-21-23-25-27-29-31-33-35-37-39-41-43-45-47-49-51-53-55-71-57-59(58-72-65-64(70)63(69)62(68)60(56-66)74-65)73-61(67)54-52-50-48-46-44-42-40-38-36-34-32-30-28-26-24-22-20-18-16-14-12-10-8-6-4-2/h6,8,12,14,18,20,24,26,59-60,62-66,68-70H,3-5,7,9-11,13,15-17,19,21-23,25,27-58H2,1-2H3/b8-6-,14-12-,20-18-,26-24-. The van der Waals surface area contributed by atoms with Gasteiger partial charge in [-0.25, -0.2) is 0 Å². The second-order valence-electron chi connectivity index (χ2n) is 21.8. The Kier molecular flexibility index (Phi) is 53.0. The van der Waals surface area contributed by atoms with Crippen molar-refractivity contribution in [2.75, 3.05) is 26.4 Å². The third kappa shape index (κ3) is 45.2. The average molecular weight is 1050 g/mol. The lowest BCUT2D eigenvalue weighted by Crippen LogP contribution is -2.59. The molecule has 1 heterocycles. The van der Waals surface area contributed by atoms with Crippen molar-refractivity contribution in [3.8, 4) is 0 Å². The maximum absolute atomic E-state index is 12.9. The van der Waals surface area contributed by atoms with E-state index in [2.05, 4.69) is 62.5 Å². The van der Waals surface area contributed by atoms with Gasteiger partial charge in [-0.1, -0.05) is 287 Å². The van der Waals surface area contributed by atoms with E-state index in [0.717, 1.165) is 57.8 Å². The minimum absolute atomic E-state index is 0.111. The molecule has 9 nitrogen and oxygen atoms in total. The molecule has 0 amide bonds. The van der Waals surface area contributed by atoms with Crippen LogP contribution in [0.25, 0.3) is 0 Å². The summed E-state index contributed by atoms with van der Waals surface area (Å²) >= 11 is 0. The van der Waals surface area contributed by atoms with E-state index in [1.807, 2.05) is 0 Å². The highest BCUT2D eigenvalue weighted by molar-refractivity contribution is 5.69. The molecule has 0 spiro atoms. The number of aliphatic hydroxyl groups is 4. The Morgan fingerprint density at radius 3 is 1.24 bits per heavy atom. The van der Waals surface area contributed by atoms with Crippen LogP contribution in [-0.4, -0.2) is 89.6 Å². The summed E-state index contributed by atoms with van der Waals surface area (Å²) in [6.45, 7) is 4.51. The van der Waals surface area contributed by atoms with Crippen LogP contribution in [0.5, 0.6) is 0 Å². The molecule has 1 aliphatic rings. The van der Waals surface area contributed by atoms with Crippen LogP contribution in [0.4, 0.5) is 0 Å². The second-order valence-corrected chi connectivity index (χ2v) is 21.8. The predicted octanol–water partition coefficient (Wildman–Crippen LogP) is 17.2. The fraction of sp³-hybridized carbons (Fsp3) is 0.862. The normalized spacial score (nSPS) is 18.8. The lowest BCUT2D eigenvalue weighted by molar-refractivity contribution is -0.305. The smallest absolute Gasteiger partial charge is 0.306 e. The van der Waals surface area contributed by atoms with Crippen LogP contribution in [0.3, 0.4) is 0 Å². The number of hydrogen-bond donors (Lipinski definition) is 4. The van der Waals surface area contributed by atoms with Gasteiger partial charge in [0.2, 0.25) is 0 Å². The minimum atomic E-state index is -1.54. The number of esters is 1. The van der Waals surface area contributed by atoms with Crippen molar-refractivity contribution in [3.05, 3.63) is 48.6 Å². The fourth-order valence-electron chi connectivity index (χ4n) is 9.90. The van der Waals surface area contributed by atoms with Gasteiger partial charge in [0.1, 0.15) is 30.5 Å². The van der Waals surface area contributed by atoms with E-state index < -0.39 is 43.4 Å². The zero-order valence-corrected chi connectivity index (χ0v) is 48.4. The number of ether oxygens (including phenoxy) is 4. The van der Waals surface area contributed by atoms with Crippen molar-refractivity contribution in [2.24, 2.45) is 0 Å². The summed E-state index contributed by atoms with van der Waals surface area (Å²) in [7, 11) is 0. The Morgan fingerprint density at radius 2 is 0.824 bits per heavy atom. The molecule has 0 bridgehead atoms. The molecule has 0 aromatic rings. The number of unbranched alkanes of at least 4 members (excludes halogenated alkanes) is 37. The van der Waals surface area contributed by atoms with Gasteiger partial charge < -0.3 is 39.4 Å². The van der Waals surface area contributed by atoms with Crippen molar-refractivity contribution < 1.29 is 44.2 Å². The zero-order chi connectivity index (χ0) is 53.5. The third-order valence-electron chi connectivity index (χ3n) is 14.8. The molecule has 1 saturated heterocycles. The summed E-state index contributed by atoms with van der Waals surface area (Å²) in [5, 5.41) is 40.4. The van der Waals surface area contributed by atoms with Crippen LogP contribution < -0.4 is 0 Å². The summed E-state index contributed by atoms with van der Waals surface area (Å²) in [4.78, 5) is 12.9. The van der Waals surface area contributed by atoms with Gasteiger partial charge in [0, 0.05) is 13.0 Å². The maximum atomic E-state index is 12.9. The summed E-state index contributed by atoms with van der Waals surface area (Å²) in [5.74, 6) is -0.310. The molecular formula is C65H120O9. The number of carbonyl (C=O) groups excluding carboxylic acids is 1. The van der Waals surface area contributed by atoms with Gasteiger partial charge >= 0.3 is 5.97 Å². The highest BCUT2D eigenvalue weighted by atomic mass is 16.7. The SMILES string of the molecule is CC/C=C\C/C=C\C/C=C\C/C=C\CCCCCCCCCCCCCCC(=O)OC(COCCCCCCCCCCCCCCCCCCCCCCCCCCCC)COC1OC(CO)C(O)C(O)C1O. The molecule has 0 aromatic carbocycles. The average Bonchev–Trinajstić information content (AvgIpc) is 3.40. The number of hydrogen-bond acceptors (Lipinski definition) is 9. The predicted molar refractivity (Wildman–Crippen MR) is 311 cm³/mol. The Bertz CT molecular complexity index is 1280. The van der Waals surface area contributed by atoms with E-state index in [9.17, 15) is 25.2 Å². The van der Waals surface area contributed by atoms with E-state index in [1.165, 1.54) is 218 Å². The summed E-state index contributed by atoms with van der Waals surface area (Å²) < 4.78 is 23.0. The van der Waals surface area contributed by atoms with E-state index >= 15 is 0 Å². The Labute approximate surface area is 456 Å². The largest absolute Gasteiger partial charge is 0.457 e. The van der Waals surface area contributed by atoms with Crippen molar-refractivity contribution in [1.29, 1.82) is 0 Å². The van der Waals surface area contributed by atoms with E-state index in [4.69, 9.17) is 18.9 Å². The van der Waals surface area contributed by atoms with Gasteiger partial charge in [-0.2, -0.15) is 0 Å². The third-order valence-corrected chi connectivity index (χ3v) is 14.8. The van der Waals surface area contributed by atoms with Crippen LogP contribution >= 0.6 is 0 Å². The van der Waals surface area contributed by atoms with Gasteiger partial charge in [-0.3, -0.25) is 4.79 Å². The zero-order valence-electron chi connectivity index (χ0n) is 48.4. The van der Waals surface area contributed by atoms with Crippen molar-refractivity contribution >= 4 is 5.97 Å². The lowest BCUT2D eigenvalue weighted by Gasteiger charge is -2.39. The molecule has 74 heavy (non-hydrogen) atoms. The highest BCUT2D eigenvalue weighted by Gasteiger charge is 2.44. The van der Waals surface area contributed by atoms with Gasteiger partial charge in [0.25, 0.3) is 0 Å². The second kappa shape index (κ2) is 55.9. The Hall–Kier alpha value is -1.85. The lowest BCUT2D eigenvalue weighted by atomic mass is 9.99. The molecule has 434 valence electrons. The molecule has 1 aliphatic heterocycles. The molecule has 0 saturated carbocycles. The first-order valence-corrected chi connectivity index (χ1v) is 31.7. The number of carbonyl (C=O) groups is 1. The van der Waals surface area contributed by atoms with Crippen LogP contribution in [0.2, 0.25) is 0 Å². The molecule has 0 aromatic heterocycles. The molecule has 0 radical (unpaired) electrons. The molecule has 9 heteroatoms. The molecule has 6 unspecified atom stereocenters. The quantitative estimate of drug-likeness (QED) is 0.0267. The topological polar surface area (TPSA) is 135 Å². The molecule has 4 N–H and O–H groups in total. The van der Waals surface area contributed by atoms with Gasteiger partial charge in [-0.15, -0.1) is 0 Å². The van der Waals surface area contributed by atoms with Crippen LogP contribution in [0.1, 0.15) is 296 Å². The first-order valence-electron chi connectivity index (χ1n) is 31.7. The monoisotopic (exact) mass is 1040 g/mol. The van der Waals surface area contributed by atoms with Crippen molar-refractivity contribution in [2.45, 2.75) is 333 Å². The molecule has 6 atom stereocenters. The fourth-order valence-corrected chi connectivity index (χ4v) is 9.90. The van der Waals surface area contributed by atoms with Crippen LogP contribution in [0, 0.1) is 0 Å². The van der Waals surface area contributed by atoms with Gasteiger partial charge in [0.05, 0.1) is 19.8 Å². The Balaban J connectivity index is 2.10. The molecule has 0 aliphatic carbocycles. The summed E-state index contributed by atoms with van der Waals surface area (Å²) in [6, 6.07) is 0. The molecular weight excluding hydrogens is 925 g/mol. The van der Waals surface area contributed by atoms with Crippen LogP contribution in [0.15, 0.2) is 48.6 Å². The maximum Gasteiger partial charge on any atom is 0.306 e. The van der Waals surface area contributed by atoms with Gasteiger partial charge in [-0.05, 0) is 51.4 Å². The number of aliphatic hydroxyl groups excluding tert-OH is 4. The first kappa shape index (κ1) is 70.2. The molecule has 1 fully saturated rings. The van der Waals surface area contributed by atoms with E-state index in [0.29, 0.717) is 13.0 Å². The number of rotatable bonds is 56. The Morgan fingerprint density at radius 1 is 0.446 bits per heavy atom. The van der Waals surface area contributed by atoms with E-state index in [-0.39, 0.29) is 19.2 Å². The van der Waals surface area contributed by atoms with E-state index in [1.54, 1.807) is 0 Å². The van der Waals surface area contributed by atoms with Crippen molar-refractivity contribution in [3.63, 3.8) is 0 Å². The summed E-state index contributed by atoms with van der Waals surface area (Å²) in [6.07, 6.45) is 66.1. The molecule has 1 rings (SSSR count). The minimum Gasteiger partial charge on any atom is -0.457 e.